The van der Waals surface area contributed by atoms with E-state index >= 15 is 0 Å². The molecule has 0 aliphatic heterocycles. The van der Waals surface area contributed by atoms with Crippen molar-refractivity contribution in [1.82, 2.24) is 0 Å². The monoisotopic (exact) mass is 206 g/mol. The quantitative estimate of drug-likeness (QED) is 0.302. The predicted molar refractivity (Wildman–Crippen MR) is 59.1 cm³/mol. The summed E-state index contributed by atoms with van der Waals surface area (Å²) in [5, 5.41) is 20.0. The molecule has 0 aliphatic carbocycles. The van der Waals surface area contributed by atoms with Gasteiger partial charge in [-0.1, -0.05) is 0 Å². The number of nitrogens with one attached hydrogen (secondary N) is 2. The highest BCUT2D eigenvalue weighted by Gasteiger charge is 2.07. The number of rotatable bonds is 4. The maximum absolute atomic E-state index is 10.4. The normalized spacial score (nSPS) is 10.1. The van der Waals surface area contributed by atoms with Crippen molar-refractivity contribution in [2.24, 2.45) is 0 Å². The van der Waals surface area contributed by atoms with E-state index in [2.05, 4.69) is 5.32 Å². The number of nitrogens with zero attached hydrogens (tertiary/aromatic N) is 1. The third-order valence-electron chi connectivity index (χ3n) is 1.68. The van der Waals surface area contributed by atoms with E-state index in [0.29, 0.717) is 11.4 Å². The van der Waals surface area contributed by atoms with Gasteiger partial charge in [-0.25, -0.2) is 0 Å². The van der Waals surface area contributed by atoms with Crippen molar-refractivity contribution in [3.63, 3.8) is 0 Å². The van der Waals surface area contributed by atoms with Crippen molar-refractivity contribution < 1.29 is 4.92 Å². The Morgan fingerprint density at radius 2 is 2.27 bits per heavy atom. The minimum atomic E-state index is -0.506. The molecule has 6 nitrogen and oxygen atoms in total. The van der Waals surface area contributed by atoms with Crippen LogP contribution in [0.4, 0.5) is 17.1 Å². The summed E-state index contributed by atoms with van der Waals surface area (Å²) in [5.41, 5.74) is 6.40. The van der Waals surface area contributed by atoms with Crippen molar-refractivity contribution in [2.45, 2.75) is 0 Å². The third-order valence-corrected chi connectivity index (χ3v) is 1.68. The summed E-state index contributed by atoms with van der Waals surface area (Å²) >= 11 is 0. The van der Waals surface area contributed by atoms with Gasteiger partial charge < -0.3 is 16.5 Å². The Morgan fingerprint density at radius 1 is 1.53 bits per heavy atom. The van der Waals surface area contributed by atoms with Crippen LogP contribution in [-0.4, -0.2) is 11.1 Å². The number of allylic oxidation sites excluding steroid dienone is 1. The van der Waals surface area contributed by atoms with Gasteiger partial charge in [0.2, 0.25) is 0 Å². The molecule has 1 aromatic carbocycles. The van der Waals surface area contributed by atoms with Gasteiger partial charge in [0.25, 0.3) is 5.69 Å². The summed E-state index contributed by atoms with van der Waals surface area (Å²) in [5.74, 6) is 0. The third kappa shape index (κ3) is 2.80. The number of non-ortho nitro benzene ring substituents is 1. The van der Waals surface area contributed by atoms with Crippen LogP contribution in [0.2, 0.25) is 0 Å². The second-order valence-electron chi connectivity index (χ2n) is 2.70. The number of nitrogens with two attached hydrogens (primary N) is 1. The number of hydrogen-bond acceptors (Lipinski definition) is 5. The van der Waals surface area contributed by atoms with Crippen molar-refractivity contribution in [3.05, 3.63) is 40.6 Å². The molecule has 0 amide bonds. The van der Waals surface area contributed by atoms with Gasteiger partial charge >= 0.3 is 0 Å². The van der Waals surface area contributed by atoms with E-state index in [0.717, 1.165) is 6.21 Å². The highest BCUT2D eigenvalue weighted by molar-refractivity contribution is 5.72. The van der Waals surface area contributed by atoms with Crippen molar-refractivity contribution in [1.29, 1.82) is 5.41 Å². The highest BCUT2D eigenvalue weighted by atomic mass is 16.6. The van der Waals surface area contributed by atoms with E-state index in [1.165, 1.54) is 30.5 Å². The smallest absolute Gasteiger partial charge is 0.271 e. The fraction of sp³-hybridized carbons (Fsp3) is 0. The van der Waals surface area contributed by atoms with Crippen LogP contribution < -0.4 is 11.1 Å². The number of nitrogen functional groups attached to an aromatic ring is 1. The molecular weight excluding hydrogens is 196 g/mol. The molecule has 15 heavy (non-hydrogen) atoms. The summed E-state index contributed by atoms with van der Waals surface area (Å²) in [6.45, 7) is 0. The molecule has 0 spiro atoms. The standard InChI is InChI=1S/C9H10N4O2/c10-4-1-5-12-9-3-2-7(13(14)15)6-8(9)11/h1-6,10,12H,11H2/b5-1-,10-4?. The molecule has 1 aromatic rings. The SMILES string of the molecule is N=C/C=C\Nc1ccc([N+](=O)[O-])cc1N. The van der Waals surface area contributed by atoms with Crippen LogP contribution in [0.15, 0.2) is 30.5 Å². The second-order valence-corrected chi connectivity index (χ2v) is 2.70. The minimum Gasteiger partial charge on any atom is -0.397 e. The zero-order valence-corrected chi connectivity index (χ0v) is 7.81. The first-order valence-corrected chi connectivity index (χ1v) is 4.11. The van der Waals surface area contributed by atoms with Crippen molar-refractivity contribution >= 4 is 23.3 Å². The Kier molecular flexibility index (Phi) is 3.39. The number of hydrogen-bond donors (Lipinski definition) is 3. The first-order valence-electron chi connectivity index (χ1n) is 4.11. The summed E-state index contributed by atoms with van der Waals surface area (Å²) < 4.78 is 0. The van der Waals surface area contributed by atoms with Gasteiger partial charge in [0.15, 0.2) is 0 Å². The van der Waals surface area contributed by atoms with Gasteiger partial charge in [0.05, 0.1) is 16.3 Å². The van der Waals surface area contributed by atoms with Gasteiger partial charge in [-0.15, -0.1) is 0 Å². The largest absolute Gasteiger partial charge is 0.397 e. The Bertz CT molecular complexity index is 415. The van der Waals surface area contributed by atoms with Gasteiger partial charge in [-0.2, -0.15) is 0 Å². The van der Waals surface area contributed by atoms with Crippen LogP contribution in [0.3, 0.4) is 0 Å². The molecular formula is C9H10N4O2. The number of benzene rings is 1. The van der Waals surface area contributed by atoms with E-state index in [1.807, 2.05) is 0 Å². The molecule has 0 unspecified atom stereocenters. The molecule has 1 rings (SSSR count). The van der Waals surface area contributed by atoms with Crippen molar-refractivity contribution in [3.8, 4) is 0 Å². The van der Waals surface area contributed by atoms with Crippen molar-refractivity contribution in [2.75, 3.05) is 11.1 Å². The first kappa shape index (κ1) is 10.7. The number of anilines is 2. The zero-order chi connectivity index (χ0) is 11.3. The molecule has 78 valence electrons. The maximum Gasteiger partial charge on any atom is 0.271 e. The van der Waals surface area contributed by atoms with E-state index < -0.39 is 4.92 Å². The molecule has 0 saturated heterocycles. The van der Waals surface area contributed by atoms with Crippen LogP contribution in [0.5, 0.6) is 0 Å². The van der Waals surface area contributed by atoms with Gasteiger partial charge in [-0.3, -0.25) is 10.1 Å². The lowest BCUT2D eigenvalue weighted by Gasteiger charge is -2.03. The van der Waals surface area contributed by atoms with Crippen LogP contribution in [-0.2, 0) is 0 Å². The van der Waals surface area contributed by atoms with E-state index in [-0.39, 0.29) is 5.69 Å². The zero-order valence-electron chi connectivity index (χ0n) is 7.81. The summed E-state index contributed by atoms with van der Waals surface area (Å²) in [7, 11) is 0. The average molecular weight is 206 g/mol. The Hall–Kier alpha value is -2.37. The van der Waals surface area contributed by atoms with Crippen LogP contribution in [0, 0.1) is 15.5 Å². The maximum atomic E-state index is 10.4. The molecule has 6 heteroatoms. The predicted octanol–water partition coefficient (Wildman–Crippen LogP) is 1.75. The molecule has 0 heterocycles. The second kappa shape index (κ2) is 4.75. The van der Waals surface area contributed by atoms with E-state index in [1.54, 1.807) is 0 Å². The number of nitro benzene ring substituents is 1. The van der Waals surface area contributed by atoms with Gasteiger partial charge in [0.1, 0.15) is 0 Å². The molecule has 0 fully saturated rings. The van der Waals surface area contributed by atoms with Crippen LogP contribution in [0.25, 0.3) is 0 Å². The van der Waals surface area contributed by atoms with E-state index in [9.17, 15) is 10.1 Å². The summed E-state index contributed by atoms with van der Waals surface area (Å²) in [6.07, 6.45) is 4.10. The van der Waals surface area contributed by atoms with Gasteiger partial charge in [0, 0.05) is 24.5 Å². The van der Waals surface area contributed by atoms with Gasteiger partial charge in [-0.05, 0) is 12.1 Å². The topological polar surface area (TPSA) is 105 Å². The summed E-state index contributed by atoms with van der Waals surface area (Å²) in [4.78, 5) is 9.90. The van der Waals surface area contributed by atoms with E-state index in [4.69, 9.17) is 11.1 Å². The molecule has 4 N–H and O–H groups in total. The lowest BCUT2D eigenvalue weighted by molar-refractivity contribution is -0.384. The van der Waals surface area contributed by atoms with Crippen LogP contribution >= 0.6 is 0 Å². The Labute approximate surface area is 86.1 Å². The van der Waals surface area contributed by atoms with Crippen LogP contribution in [0.1, 0.15) is 0 Å². The Morgan fingerprint density at radius 3 is 2.80 bits per heavy atom. The molecule has 0 saturated carbocycles. The summed E-state index contributed by atoms with van der Waals surface area (Å²) in [6, 6.07) is 4.15. The number of nitro groups is 1. The molecule has 0 radical (unpaired) electrons. The lowest BCUT2D eigenvalue weighted by atomic mass is 10.2. The fourth-order valence-electron chi connectivity index (χ4n) is 0.981. The Balaban J connectivity index is 2.88. The minimum absolute atomic E-state index is 0.0471. The average Bonchev–Trinajstić information content (AvgIpc) is 2.20. The molecule has 0 bridgehead atoms. The fourth-order valence-corrected chi connectivity index (χ4v) is 0.981. The lowest BCUT2D eigenvalue weighted by Crippen LogP contribution is -1.96. The first-order chi connectivity index (χ1) is 7.15. The molecule has 0 atom stereocenters. The highest BCUT2D eigenvalue weighted by Crippen LogP contribution is 2.23. The molecule has 0 aromatic heterocycles. The molecule has 0 aliphatic rings.